The first kappa shape index (κ1) is 16.4. The average molecular weight is 411 g/mol. The molecule has 1 fully saturated rings. The van der Waals surface area contributed by atoms with Crippen LogP contribution in [-0.2, 0) is 20.8 Å². The molecule has 0 aromatic heterocycles. The maximum absolute atomic E-state index is 13.2. The van der Waals surface area contributed by atoms with Crippen molar-refractivity contribution in [1.29, 1.82) is 0 Å². The number of nitrogens with one attached hydrogen (secondary N) is 1. The van der Waals surface area contributed by atoms with Crippen molar-refractivity contribution >= 4 is 17.8 Å². The van der Waals surface area contributed by atoms with Crippen LogP contribution in [0.4, 0.5) is 0 Å². The number of carboxylic acids is 2. The molecule has 2 rings (SSSR count). The fourth-order valence-corrected chi connectivity index (χ4v) is 3.47. The van der Waals surface area contributed by atoms with Gasteiger partial charge in [-0.1, -0.05) is 36.6 Å². The number of carbonyl (C=O) groups is 3. The molecule has 8 nitrogen and oxygen atoms in total. The first-order valence-corrected chi connectivity index (χ1v) is 9.79. The Hall–Kier alpha value is -2.45. The molecule has 1 aliphatic rings. The number of benzene rings is 1. The van der Waals surface area contributed by atoms with E-state index >= 15 is 0 Å². The molecule has 29 heavy (non-hydrogen) atoms. The van der Waals surface area contributed by atoms with E-state index in [1.807, 2.05) is 0 Å². The highest BCUT2D eigenvalue weighted by molar-refractivity contribution is 5.88. The summed E-state index contributed by atoms with van der Waals surface area (Å²) in [6, 6.07) is -5.49. The Morgan fingerprint density at radius 2 is 1.90 bits per heavy atom. The zero-order valence-corrected chi connectivity index (χ0v) is 16.2. The largest absolute Gasteiger partial charge is 0.480 e. The van der Waals surface area contributed by atoms with Gasteiger partial charge in [0.25, 0.3) is 0 Å². The van der Waals surface area contributed by atoms with Crippen molar-refractivity contribution in [2.24, 2.45) is 5.73 Å². The van der Waals surface area contributed by atoms with E-state index in [0.717, 1.165) is 0 Å². The van der Waals surface area contributed by atoms with Gasteiger partial charge in [-0.25, -0.2) is 4.79 Å². The average Bonchev–Trinajstić information content (AvgIpc) is 3.29. The van der Waals surface area contributed by atoms with E-state index in [1.165, 1.54) is 4.90 Å². The van der Waals surface area contributed by atoms with E-state index in [4.69, 9.17) is 12.6 Å². The number of hydrogen-bond acceptors (Lipinski definition) is 5. The lowest BCUT2D eigenvalue weighted by Gasteiger charge is -2.29. The molecule has 1 aromatic rings. The number of carbonyl (C=O) groups excluding carboxylic acids is 1. The van der Waals surface area contributed by atoms with Crippen LogP contribution in [0.1, 0.15) is 50.9 Å². The van der Waals surface area contributed by atoms with Crippen molar-refractivity contribution in [3.05, 3.63) is 35.8 Å². The number of hydrogen-bond donors (Lipinski definition) is 4. The Morgan fingerprint density at radius 3 is 2.52 bits per heavy atom. The van der Waals surface area contributed by atoms with Crippen molar-refractivity contribution < 1.29 is 31.5 Å². The third-order valence-corrected chi connectivity index (χ3v) is 5.00. The molecule has 0 aliphatic carbocycles. The molecule has 0 spiro atoms. The Kier molecular flexibility index (Phi) is 6.50. The van der Waals surface area contributed by atoms with E-state index in [0.29, 0.717) is 32.2 Å². The van der Waals surface area contributed by atoms with Crippen molar-refractivity contribution in [3.63, 3.8) is 0 Å². The smallest absolute Gasteiger partial charge is 0.326 e. The molecule has 1 aromatic carbocycles. The molecule has 5 N–H and O–H groups in total. The van der Waals surface area contributed by atoms with Crippen LogP contribution in [0.25, 0.3) is 0 Å². The summed E-state index contributed by atoms with van der Waals surface area (Å²) < 4.78 is 39.2. The third-order valence-electron chi connectivity index (χ3n) is 5.00. The van der Waals surface area contributed by atoms with Gasteiger partial charge in [0.05, 0.1) is 12.9 Å². The maximum Gasteiger partial charge on any atom is 0.326 e. The Morgan fingerprint density at radius 1 is 1.17 bits per heavy atom. The van der Waals surface area contributed by atoms with Gasteiger partial charge in [0.15, 0.2) is 0 Å². The second-order valence-corrected chi connectivity index (χ2v) is 7.06. The number of unbranched alkanes of at least 4 members (excludes halogenated alkanes) is 1. The highest BCUT2D eigenvalue weighted by Crippen LogP contribution is 2.20. The van der Waals surface area contributed by atoms with Crippen LogP contribution in [0.5, 0.6) is 0 Å². The van der Waals surface area contributed by atoms with Crippen LogP contribution in [0.15, 0.2) is 30.2 Å². The quantitative estimate of drug-likeness (QED) is 0.381. The Bertz CT molecular complexity index is 904. The van der Waals surface area contributed by atoms with Crippen LogP contribution in [0.2, 0.25) is 0 Å². The lowest BCUT2D eigenvalue weighted by Crippen LogP contribution is -2.54. The summed E-state index contributed by atoms with van der Waals surface area (Å²) >= 11 is 0. The lowest BCUT2D eigenvalue weighted by atomic mass is 10.0. The molecule has 0 bridgehead atoms. The molecular weight excluding hydrogens is 374 g/mol. The summed E-state index contributed by atoms with van der Waals surface area (Å²) in [7, 11) is 0. The molecule has 1 saturated heterocycles. The van der Waals surface area contributed by atoms with E-state index in [9.17, 15) is 24.6 Å². The van der Waals surface area contributed by atoms with Crippen molar-refractivity contribution in [2.45, 2.75) is 63.1 Å². The first-order valence-electron chi connectivity index (χ1n) is 12.3. The van der Waals surface area contributed by atoms with Gasteiger partial charge < -0.3 is 20.8 Å². The minimum atomic E-state index is -1.26. The fourth-order valence-electron chi connectivity index (χ4n) is 3.47. The molecule has 3 atom stereocenters. The molecule has 0 saturated carbocycles. The Labute approximate surface area is 178 Å². The zero-order chi connectivity index (χ0) is 25.6. The highest BCUT2D eigenvalue weighted by atomic mass is 16.4. The SMILES string of the molecule is [2H]c1c([2H])c([2H])c(CC[C@@H](N[C@@H](CCCCN)C(=O)N2CCC[C@@H]2C(=O)O)C(=O)O)c([2H])c1[2H]. The number of nitrogens with zero attached hydrogens (tertiary/aromatic N) is 1. The molecule has 8 heteroatoms. The maximum atomic E-state index is 13.2. The molecule has 1 heterocycles. The number of carboxylic acid groups (broad SMARTS) is 2. The van der Waals surface area contributed by atoms with E-state index in [1.54, 1.807) is 0 Å². The number of likely N-dealkylation sites (tertiary alicyclic amines) is 1. The predicted octanol–water partition coefficient (Wildman–Crippen LogP) is 1.24. The van der Waals surface area contributed by atoms with Crippen molar-refractivity contribution in [3.8, 4) is 0 Å². The summed E-state index contributed by atoms with van der Waals surface area (Å²) in [6.45, 7) is 0.658. The van der Waals surface area contributed by atoms with Gasteiger partial charge in [0, 0.05) is 6.54 Å². The van der Waals surface area contributed by atoms with Gasteiger partial charge in [-0.3, -0.25) is 14.9 Å². The highest BCUT2D eigenvalue weighted by Gasteiger charge is 2.38. The molecule has 160 valence electrons. The molecular formula is C21H31N3O5. The van der Waals surface area contributed by atoms with Crippen molar-refractivity contribution in [2.75, 3.05) is 13.1 Å². The minimum Gasteiger partial charge on any atom is -0.480 e. The number of amides is 1. The lowest BCUT2D eigenvalue weighted by molar-refractivity contribution is -0.149. The van der Waals surface area contributed by atoms with Crippen LogP contribution in [-0.4, -0.2) is 64.2 Å². The first-order chi connectivity index (χ1) is 16.0. The summed E-state index contributed by atoms with van der Waals surface area (Å²) in [5.74, 6) is -2.86. The standard InChI is InChI=1S/C21H31N3O5/c22-13-5-4-9-16(19(25)24-14-6-10-18(24)21(28)29)23-17(20(26)27)12-11-15-7-2-1-3-8-15/h1-3,7-8,16-18,23H,4-6,9-14,22H2,(H,26,27)(H,28,29)/t16-,17+,18+/m0/s1/i1D,2D,3D,7D,8D. The van der Waals surface area contributed by atoms with Crippen LogP contribution >= 0.6 is 0 Å². The van der Waals surface area contributed by atoms with Crippen LogP contribution < -0.4 is 11.1 Å². The summed E-state index contributed by atoms with van der Waals surface area (Å²) in [5.41, 5.74) is 5.53. The number of aliphatic carboxylic acids is 2. The molecule has 0 radical (unpaired) electrons. The van der Waals surface area contributed by atoms with Crippen LogP contribution in [0, 0.1) is 0 Å². The molecule has 1 aliphatic heterocycles. The van der Waals surface area contributed by atoms with Gasteiger partial charge in [-0.2, -0.15) is 0 Å². The third kappa shape index (κ3) is 6.83. The predicted molar refractivity (Wildman–Crippen MR) is 108 cm³/mol. The topological polar surface area (TPSA) is 133 Å². The van der Waals surface area contributed by atoms with Crippen molar-refractivity contribution in [1.82, 2.24) is 10.2 Å². The second kappa shape index (κ2) is 11.5. The summed E-state index contributed by atoms with van der Waals surface area (Å²) in [4.78, 5) is 37.9. The summed E-state index contributed by atoms with van der Waals surface area (Å²) in [6.07, 6.45) is 2.01. The molecule has 0 unspecified atom stereocenters. The monoisotopic (exact) mass is 410 g/mol. The number of nitrogens with two attached hydrogens (primary N) is 1. The van der Waals surface area contributed by atoms with Gasteiger partial charge in [0.1, 0.15) is 12.1 Å². The van der Waals surface area contributed by atoms with Gasteiger partial charge in [0.2, 0.25) is 5.91 Å². The van der Waals surface area contributed by atoms with E-state index in [-0.39, 0.29) is 31.4 Å². The fraction of sp³-hybridized carbons (Fsp3) is 0.571. The Balaban J connectivity index is 2.23. The minimum absolute atomic E-state index is 0.00413. The summed E-state index contributed by atoms with van der Waals surface area (Å²) in [5, 5.41) is 22.0. The second-order valence-electron chi connectivity index (χ2n) is 7.06. The van der Waals surface area contributed by atoms with Gasteiger partial charge >= 0.3 is 11.9 Å². The van der Waals surface area contributed by atoms with Crippen LogP contribution in [0.3, 0.4) is 0 Å². The van der Waals surface area contributed by atoms with E-state index in [2.05, 4.69) is 5.32 Å². The van der Waals surface area contributed by atoms with E-state index < -0.39 is 66.2 Å². The normalized spacial score (nSPS) is 20.8. The zero-order valence-electron chi connectivity index (χ0n) is 21.2. The van der Waals surface area contributed by atoms with Gasteiger partial charge in [-0.15, -0.1) is 0 Å². The number of rotatable bonds is 12. The molecule has 1 amide bonds. The van der Waals surface area contributed by atoms with Gasteiger partial charge in [-0.05, 0) is 50.6 Å².